The minimum Gasteiger partial charge on any atom is -0.389 e. The van der Waals surface area contributed by atoms with Crippen LogP contribution in [0.15, 0.2) is 22.7 Å². The Morgan fingerprint density at radius 1 is 1.39 bits per heavy atom. The smallest absolute Gasteiger partial charge is 0.0772 e. The SMILES string of the molecule is C[C@@H](O)c1ccc(N2CCCC(C)(C)C2)cc1Br. The zero-order valence-electron chi connectivity index (χ0n) is 11.4. The maximum absolute atomic E-state index is 9.65. The van der Waals surface area contributed by atoms with Gasteiger partial charge in [0.25, 0.3) is 0 Å². The second kappa shape index (κ2) is 5.22. The zero-order valence-corrected chi connectivity index (χ0v) is 13.0. The summed E-state index contributed by atoms with van der Waals surface area (Å²) in [7, 11) is 0. The normalized spacial score (nSPS) is 20.8. The van der Waals surface area contributed by atoms with Gasteiger partial charge in [0.15, 0.2) is 0 Å². The molecule has 1 atom stereocenters. The number of aliphatic hydroxyl groups excluding tert-OH is 1. The number of halogens is 1. The van der Waals surface area contributed by atoms with E-state index in [1.807, 2.05) is 6.07 Å². The third kappa shape index (κ3) is 3.07. The van der Waals surface area contributed by atoms with Crippen molar-refractivity contribution < 1.29 is 5.11 Å². The van der Waals surface area contributed by atoms with E-state index in [1.165, 1.54) is 18.5 Å². The quantitative estimate of drug-likeness (QED) is 0.887. The van der Waals surface area contributed by atoms with Crippen molar-refractivity contribution in [2.45, 2.75) is 39.7 Å². The van der Waals surface area contributed by atoms with E-state index in [1.54, 1.807) is 6.92 Å². The van der Waals surface area contributed by atoms with Gasteiger partial charge in [-0.25, -0.2) is 0 Å². The third-order valence-electron chi connectivity index (χ3n) is 3.70. The van der Waals surface area contributed by atoms with Crippen LogP contribution < -0.4 is 4.90 Å². The molecule has 1 aromatic carbocycles. The van der Waals surface area contributed by atoms with Crippen LogP contribution in [0.5, 0.6) is 0 Å². The highest BCUT2D eigenvalue weighted by Crippen LogP contribution is 2.34. The summed E-state index contributed by atoms with van der Waals surface area (Å²) in [5, 5.41) is 9.65. The van der Waals surface area contributed by atoms with Crippen LogP contribution in [0.4, 0.5) is 5.69 Å². The molecule has 0 unspecified atom stereocenters. The number of nitrogens with zero attached hydrogens (tertiary/aromatic N) is 1. The van der Waals surface area contributed by atoms with Crippen LogP contribution in [0.3, 0.4) is 0 Å². The predicted octanol–water partition coefficient (Wildman–Crippen LogP) is 4.13. The summed E-state index contributed by atoms with van der Waals surface area (Å²) in [4.78, 5) is 2.44. The maximum Gasteiger partial charge on any atom is 0.0772 e. The van der Waals surface area contributed by atoms with Gasteiger partial charge in [-0.05, 0) is 42.9 Å². The Kier molecular flexibility index (Phi) is 4.02. The van der Waals surface area contributed by atoms with Crippen molar-refractivity contribution in [3.63, 3.8) is 0 Å². The molecule has 1 aliphatic rings. The Bertz CT molecular complexity index is 429. The molecule has 100 valence electrons. The molecule has 1 aliphatic heterocycles. The van der Waals surface area contributed by atoms with Crippen molar-refractivity contribution in [3.05, 3.63) is 28.2 Å². The molecule has 1 saturated heterocycles. The van der Waals surface area contributed by atoms with E-state index in [-0.39, 0.29) is 0 Å². The van der Waals surface area contributed by atoms with E-state index in [0.29, 0.717) is 5.41 Å². The van der Waals surface area contributed by atoms with Gasteiger partial charge < -0.3 is 10.0 Å². The summed E-state index contributed by atoms with van der Waals surface area (Å²) in [6.45, 7) is 8.69. The molecule has 0 amide bonds. The third-order valence-corrected chi connectivity index (χ3v) is 4.39. The van der Waals surface area contributed by atoms with Crippen molar-refractivity contribution >= 4 is 21.6 Å². The Labute approximate surface area is 118 Å². The second-order valence-corrected chi connectivity index (χ2v) is 6.93. The first kappa shape index (κ1) is 13.9. The van der Waals surface area contributed by atoms with E-state index in [0.717, 1.165) is 23.1 Å². The van der Waals surface area contributed by atoms with Crippen LogP contribution >= 0.6 is 15.9 Å². The first-order valence-electron chi connectivity index (χ1n) is 6.61. The molecular formula is C15H22BrNO. The molecule has 0 saturated carbocycles. The fourth-order valence-electron chi connectivity index (χ4n) is 2.70. The predicted molar refractivity (Wildman–Crippen MR) is 80.0 cm³/mol. The number of benzene rings is 1. The molecule has 0 bridgehead atoms. The lowest BCUT2D eigenvalue weighted by atomic mass is 9.84. The number of piperidine rings is 1. The summed E-state index contributed by atoms with van der Waals surface area (Å²) in [6.07, 6.45) is 2.13. The lowest BCUT2D eigenvalue weighted by molar-refractivity contribution is 0.198. The molecule has 2 nitrogen and oxygen atoms in total. The number of anilines is 1. The van der Waals surface area contributed by atoms with Crippen molar-refractivity contribution in [3.8, 4) is 0 Å². The van der Waals surface area contributed by atoms with Gasteiger partial charge in [-0.15, -0.1) is 0 Å². The van der Waals surface area contributed by atoms with Gasteiger partial charge in [-0.2, -0.15) is 0 Å². The highest BCUT2D eigenvalue weighted by molar-refractivity contribution is 9.10. The van der Waals surface area contributed by atoms with Crippen LogP contribution in [-0.2, 0) is 0 Å². The molecule has 0 radical (unpaired) electrons. The monoisotopic (exact) mass is 311 g/mol. The average Bonchev–Trinajstić information content (AvgIpc) is 2.27. The minimum atomic E-state index is -0.425. The molecule has 1 N–H and O–H groups in total. The van der Waals surface area contributed by atoms with Gasteiger partial charge in [0.05, 0.1) is 6.10 Å². The summed E-state index contributed by atoms with van der Waals surface area (Å²) in [5.41, 5.74) is 2.60. The standard InChI is InChI=1S/C15H22BrNO/c1-11(18)13-6-5-12(9-14(13)16)17-8-4-7-15(2,3)10-17/h5-6,9,11,18H,4,7-8,10H2,1-3H3/t11-/m1/s1. The van der Waals surface area contributed by atoms with E-state index in [2.05, 4.69) is 46.8 Å². The fraction of sp³-hybridized carbons (Fsp3) is 0.600. The van der Waals surface area contributed by atoms with Crippen molar-refractivity contribution in [2.75, 3.05) is 18.0 Å². The Morgan fingerprint density at radius 2 is 2.11 bits per heavy atom. The fourth-order valence-corrected chi connectivity index (χ4v) is 3.39. The molecule has 2 rings (SSSR count). The van der Waals surface area contributed by atoms with Gasteiger partial charge in [-0.1, -0.05) is 35.8 Å². The number of hydrogen-bond acceptors (Lipinski definition) is 2. The zero-order chi connectivity index (χ0) is 13.3. The second-order valence-electron chi connectivity index (χ2n) is 6.07. The molecule has 1 heterocycles. The molecule has 0 aromatic heterocycles. The highest BCUT2D eigenvalue weighted by atomic mass is 79.9. The van der Waals surface area contributed by atoms with E-state index >= 15 is 0 Å². The lowest BCUT2D eigenvalue weighted by Crippen LogP contribution is -2.40. The topological polar surface area (TPSA) is 23.5 Å². The summed E-state index contributed by atoms with van der Waals surface area (Å²) in [5.74, 6) is 0. The van der Waals surface area contributed by atoms with Crippen LogP contribution in [0.1, 0.15) is 45.3 Å². The molecule has 1 aromatic rings. The van der Waals surface area contributed by atoms with Gasteiger partial charge in [0.2, 0.25) is 0 Å². The number of rotatable bonds is 2. The molecule has 1 fully saturated rings. The van der Waals surface area contributed by atoms with Crippen LogP contribution in [0.25, 0.3) is 0 Å². The average molecular weight is 312 g/mol. The Balaban J connectivity index is 2.21. The van der Waals surface area contributed by atoms with Gasteiger partial charge in [0.1, 0.15) is 0 Å². The number of hydrogen-bond donors (Lipinski definition) is 1. The van der Waals surface area contributed by atoms with E-state index < -0.39 is 6.10 Å². The number of aliphatic hydroxyl groups is 1. The first-order valence-corrected chi connectivity index (χ1v) is 7.41. The van der Waals surface area contributed by atoms with Crippen molar-refractivity contribution in [2.24, 2.45) is 5.41 Å². The molecule has 3 heteroatoms. The molecule has 18 heavy (non-hydrogen) atoms. The Morgan fingerprint density at radius 3 is 2.67 bits per heavy atom. The van der Waals surface area contributed by atoms with Crippen molar-refractivity contribution in [1.29, 1.82) is 0 Å². The highest BCUT2D eigenvalue weighted by Gasteiger charge is 2.26. The largest absolute Gasteiger partial charge is 0.389 e. The molecule has 0 aliphatic carbocycles. The van der Waals surface area contributed by atoms with Gasteiger partial charge >= 0.3 is 0 Å². The summed E-state index contributed by atoms with van der Waals surface area (Å²) < 4.78 is 0.998. The van der Waals surface area contributed by atoms with E-state index in [9.17, 15) is 5.11 Å². The summed E-state index contributed by atoms with van der Waals surface area (Å²) >= 11 is 3.56. The van der Waals surface area contributed by atoms with E-state index in [4.69, 9.17) is 0 Å². The lowest BCUT2D eigenvalue weighted by Gasteiger charge is -2.39. The minimum absolute atomic E-state index is 0.396. The first-order chi connectivity index (χ1) is 8.39. The van der Waals surface area contributed by atoms with Crippen molar-refractivity contribution in [1.82, 2.24) is 0 Å². The van der Waals surface area contributed by atoms with Crippen LogP contribution in [-0.4, -0.2) is 18.2 Å². The van der Waals surface area contributed by atoms with Crippen LogP contribution in [0, 0.1) is 5.41 Å². The molecule has 0 spiro atoms. The van der Waals surface area contributed by atoms with Crippen LogP contribution in [0.2, 0.25) is 0 Å². The summed E-state index contributed by atoms with van der Waals surface area (Å²) in [6, 6.07) is 6.27. The maximum atomic E-state index is 9.65. The van der Waals surface area contributed by atoms with Gasteiger partial charge in [-0.3, -0.25) is 0 Å². The Hall–Kier alpha value is -0.540. The molecular weight excluding hydrogens is 290 g/mol. The van der Waals surface area contributed by atoms with Gasteiger partial charge in [0, 0.05) is 23.2 Å².